The number of imide groups is 1. The Morgan fingerprint density at radius 3 is 1.87 bits per heavy atom. The second kappa shape index (κ2) is 22.9. The number of nitrogens with zero attached hydrogens (tertiary/aromatic N) is 3. The van der Waals surface area contributed by atoms with Crippen LogP contribution >= 0.6 is 0 Å². The first-order valence-corrected chi connectivity index (χ1v) is 27.0. The molecule has 25 heteroatoms. The van der Waals surface area contributed by atoms with Crippen LogP contribution in [-0.2, 0) is 80.0 Å². The molecule has 0 radical (unpaired) electrons. The molecule has 0 aromatic heterocycles. The highest BCUT2D eigenvalue weighted by Crippen LogP contribution is 2.51. The molecule has 1 fully saturated rings. The Labute approximate surface area is 402 Å². The monoisotopic (exact) mass is 1040 g/mol. The SMILES string of the molecule is C.COCCN1C(=CC=CC=CC=CC2=[N+](CCOCCC(=O)ON3C(=O)CCC3=O)c3ccc(S(=O)(=O)[O-])cc3C2(C)CCCS(=O)(=O)[O-])C(C)(CCCS(=O)(=O)[O-])c2cc(S(=O)(=O)[O-])ccc21. The fraction of sp³-hybridized carbons (Fsp3) is 0.455. The summed E-state index contributed by atoms with van der Waals surface area (Å²) >= 11 is 0. The van der Waals surface area contributed by atoms with Crippen LogP contribution in [-0.4, -0.2) is 137 Å². The number of allylic oxidation sites excluding steroid dienone is 8. The lowest BCUT2D eigenvalue weighted by molar-refractivity contribution is -0.442. The number of benzene rings is 2. The molecule has 2 aromatic carbocycles. The molecule has 3 heterocycles. The number of hydrogen-bond donors (Lipinski definition) is 0. The van der Waals surface area contributed by atoms with Crippen molar-refractivity contribution in [3.05, 3.63) is 95.8 Å². The molecular weight excluding hydrogens is 987 g/mol. The first-order chi connectivity index (χ1) is 31.7. The van der Waals surface area contributed by atoms with E-state index in [4.69, 9.17) is 14.3 Å². The average Bonchev–Trinajstić information content (AvgIpc) is 3.76. The van der Waals surface area contributed by atoms with E-state index in [1.807, 2.05) is 4.90 Å². The highest BCUT2D eigenvalue weighted by atomic mass is 32.2. The summed E-state index contributed by atoms with van der Waals surface area (Å²) in [5, 5.41) is 0.416. The van der Waals surface area contributed by atoms with E-state index in [0.717, 1.165) is 6.07 Å². The standard InChI is InChI=1S/C43H53N3O18S4.CH4/c1-42(20-9-27-65(50,51)52)33-29-31(67(56,57)58)13-15-35(33)44(22-25-62-3)37(42)11-7-5-4-6-8-12-38-43(2,21-10-28-66(53,54)55)34-30-32(68(59,60)61)14-16-36(34)45(38)23-26-63-24-19-41(49)64-46-39(47)17-18-40(46)48;/h4-8,11-16,29-30H,9-10,17-28H2,1-3H3,(H3-,50,51,52,53,54,55,56,57,58,59,60,61);1H4/p-3. The summed E-state index contributed by atoms with van der Waals surface area (Å²) in [5.41, 5.74) is 0.627. The minimum Gasteiger partial charge on any atom is -0.748 e. The zero-order valence-corrected chi connectivity index (χ0v) is 40.5. The molecule has 2 amide bonds. The zero-order chi connectivity index (χ0) is 50.3. The highest BCUT2D eigenvalue weighted by molar-refractivity contribution is 7.86. The third-order valence-corrected chi connectivity index (χ3v) is 15.0. The van der Waals surface area contributed by atoms with Gasteiger partial charge in [0.25, 0.3) is 11.8 Å². The van der Waals surface area contributed by atoms with E-state index >= 15 is 0 Å². The van der Waals surface area contributed by atoms with E-state index in [2.05, 4.69) is 0 Å². The molecule has 0 bridgehead atoms. The summed E-state index contributed by atoms with van der Waals surface area (Å²) < 4.78 is 155. The van der Waals surface area contributed by atoms with Crippen LogP contribution < -0.4 is 4.90 Å². The van der Waals surface area contributed by atoms with Crippen molar-refractivity contribution in [2.75, 3.05) is 56.4 Å². The fourth-order valence-corrected chi connectivity index (χ4v) is 10.5. The fourth-order valence-electron chi connectivity index (χ4n) is 8.47. The molecule has 380 valence electrons. The van der Waals surface area contributed by atoms with Crippen molar-refractivity contribution in [2.24, 2.45) is 0 Å². The van der Waals surface area contributed by atoms with Gasteiger partial charge in [0.05, 0.1) is 55.1 Å². The van der Waals surface area contributed by atoms with E-state index in [9.17, 15) is 66.3 Å². The van der Waals surface area contributed by atoms with Crippen LogP contribution in [0, 0.1) is 0 Å². The lowest BCUT2D eigenvalue weighted by Crippen LogP contribution is -2.33. The van der Waals surface area contributed by atoms with Crippen molar-refractivity contribution in [3.63, 3.8) is 0 Å². The van der Waals surface area contributed by atoms with Crippen LogP contribution in [0.4, 0.5) is 11.4 Å². The van der Waals surface area contributed by atoms with E-state index in [0.29, 0.717) is 39.0 Å². The van der Waals surface area contributed by atoms with Crippen LogP contribution in [0.3, 0.4) is 0 Å². The van der Waals surface area contributed by atoms with Crippen molar-refractivity contribution < 1.29 is 85.2 Å². The van der Waals surface area contributed by atoms with Gasteiger partial charge >= 0.3 is 5.97 Å². The van der Waals surface area contributed by atoms with Gasteiger partial charge in [-0.1, -0.05) is 37.8 Å². The van der Waals surface area contributed by atoms with E-state index in [1.54, 1.807) is 61.0 Å². The molecule has 0 N–H and O–H groups in total. The second-order valence-corrected chi connectivity index (χ2v) is 22.2. The van der Waals surface area contributed by atoms with Gasteiger partial charge in [0.15, 0.2) is 12.3 Å². The number of hydrogen-bond acceptors (Lipinski definition) is 19. The lowest BCUT2D eigenvalue weighted by Gasteiger charge is -2.30. The Bertz CT molecular complexity index is 2890. The number of ether oxygens (including phenoxy) is 2. The number of anilines is 1. The summed E-state index contributed by atoms with van der Waals surface area (Å²) in [6.07, 6.45) is 11.0. The first kappa shape index (κ1) is 56.6. The number of methoxy groups -OCH3 is 1. The van der Waals surface area contributed by atoms with Crippen LogP contribution in [0.15, 0.2) is 94.4 Å². The molecule has 3 aliphatic rings. The topological polar surface area (TPSA) is 317 Å². The van der Waals surface area contributed by atoms with Crippen molar-refractivity contribution >= 4 is 75.3 Å². The first-order valence-electron chi connectivity index (χ1n) is 21.1. The quantitative estimate of drug-likeness (QED) is 0.0479. The molecule has 0 spiro atoms. The van der Waals surface area contributed by atoms with Crippen molar-refractivity contribution in [1.82, 2.24) is 5.06 Å². The smallest absolute Gasteiger partial charge is 0.335 e. The Kier molecular flexibility index (Phi) is 18.8. The molecule has 69 heavy (non-hydrogen) atoms. The number of hydroxylamine groups is 2. The molecule has 21 nitrogen and oxygen atoms in total. The van der Waals surface area contributed by atoms with Gasteiger partial charge < -0.3 is 37.4 Å². The van der Waals surface area contributed by atoms with Gasteiger partial charge in [-0.3, -0.25) is 9.59 Å². The summed E-state index contributed by atoms with van der Waals surface area (Å²) in [4.78, 5) is 41.6. The van der Waals surface area contributed by atoms with Crippen LogP contribution in [0.1, 0.15) is 77.3 Å². The second-order valence-electron chi connectivity index (χ2n) is 16.4. The Morgan fingerprint density at radius 2 is 1.29 bits per heavy atom. The molecule has 1 saturated heterocycles. The normalized spacial score (nSPS) is 20.5. The molecule has 0 aliphatic carbocycles. The third kappa shape index (κ3) is 14.3. The summed E-state index contributed by atoms with van der Waals surface area (Å²) in [5.74, 6) is -3.58. The molecule has 2 atom stereocenters. The molecular formula is C44H54N3O18S4-3. The molecule has 2 aromatic rings. The highest BCUT2D eigenvalue weighted by Gasteiger charge is 2.48. The number of carbonyl (C=O) groups is 3. The van der Waals surface area contributed by atoms with Gasteiger partial charge in [0.1, 0.15) is 26.8 Å². The van der Waals surface area contributed by atoms with Crippen molar-refractivity contribution in [2.45, 2.75) is 86.8 Å². The molecule has 3 aliphatic heterocycles. The van der Waals surface area contributed by atoms with Crippen LogP contribution in [0.5, 0.6) is 0 Å². The predicted molar refractivity (Wildman–Crippen MR) is 245 cm³/mol. The molecule has 0 saturated carbocycles. The van der Waals surface area contributed by atoms with Gasteiger partial charge in [0.2, 0.25) is 5.69 Å². The van der Waals surface area contributed by atoms with E-state index in [-0.39, 0.29) is 85.3 Å². The number of amides is 2. The van der Waals surface area contributed by atoms with Crippen LogP contribution in [0.2, 0.25) is 0 Å². The van der Waals surface area contributed by atoms with Gasteiger partial charge in [-0.05, 0) is 81.5 Å². The summed E-state index contributed by atoms with van der Waals surface area (Å²) in [6.45, 7) is 3.80. The van der Waals surface area contributed by atoms with Crippen LogP contribution in [0.25, 0.3) is 0 Å². The summed E-state index contributed by atoms with van der Waals surface area (Å²) in [6, 6.07) is 7.66. The largest absolute Gasteiger partial charge is 0.748 e. The third-order valence-electron chi connectivity index (χ3n) is 11.7. The number of fused-ring (bicyclic) bond motifs is 2. The summed E-state index contributed by atoms with van der Waals surface area (Å²) in [7, 11) is -17.6. The maximum absolute atomic E-state index is 12.3. The van der Waals surface area contributed by atoms with E-state index < -0.39 is 90.4 Å². The Morgan fingerprint density at radius 1 is 0.739 bits per heavy atom. The Balaban J connectivity index is 0.0000104. The van der Waals surface area contributed by atoms with Crippen molar-refractivity contribution in [1.29, 1.82) is 0 Å². The van der Waals surface area contributed by atoms with E-state index in [1.165, 1.54) is 37.4 Å². The number of rotatable bonds is 24. The van der Waals surface area contributed by atoms with Crippen molar-refractivity contribution in [3.8, 4) is 0 Å². The Hall–Kier alpha value is -4.96. The minimum atomic E-state index is -4.95. The average molecular weight is 1040 g/mol. The van der Waals surface area contributed by atoms with Gasteiger partial charge in [-0.25, -0.2) is 38.5 Å². The maximum Gasteiger partial charge on any atom is 0.335 e. The maximum atomic E-state index is 12.3. The zero-order valence-electron chi connectivity index (χ0n) is 37.2. The predicted octanol–water partition coefficient (Wildman–Crippen LogP) is 3.13. The lowest BCUT2D eigenvalue weighted by atomic mass is 9.76. The van der Waals surface area contributed by atoms with Gasteiger partial charge in [-0.15, -0.1) is 5.06 Å². The van der Waals surface area contributed by atoms with Gasteiger partial charge in [-0.2, -0.15) is 4.58 Å². The minimum absolute atomic E-state index is 0. The molecule has 2 unspecified atom stereocenters. The van der Waals surface area contributed by atoms with Gasteiger partial charge in [0, 0.05) is 72.5 Å². The number of carbonyl (C=O) groups excluding carboxylic acids is 3. The molecule has 5 rings (SSSR count).